The van der Waals surface area contributed by atoms with Crippen LogP contribution in [0.25, 0.3) is 0 Å². The van der Waals surface area contributed by atoms with E-state index < -0.39 is 0 Å². The molecule has 0 spiro atoms. The monoisotopic (exact) mass is 366 g/mol. The van der Waals surface area contributed by atoms with Gasteiger partial charge in [0.2, 0.25) is 5.82 Å². The van der Waals surface area contributed by atoms with Crippen molar-refractivity contribution in [2.75, 3.05) is 6.61 Å². The third-order valence-electron chi connectivity index (χ3n) is 6.85. The van der Waals surface area contributed by atoms with E-state index in [1.165, 1.54) is 5.56 Å². The van der Waals surface area contributed by atoms with E-state index in [0.29, 0.717) is 5.82 Å². The highest BCUT2D eigenvalue weighted by Crippen LogP contribution is 2.51. The molecule has 3 atom stereocenters. The number of aryl methyl sites for hydroxylation is 1. The number of aliphatic hydroxyl groups is 1. The van der Waals surface area contributed by atoms with Gasteiger partial charge < -0.3 is 14.6 Å². The molecule has 4 heterocycles. The molecule has 2 bridgehead atoms. The number of rotatable bonds is 4. The molecule has 0 saturated carbocycles. The van der Waals surface area contributed by atoms with Crippen LogP contribution in [0.4, 0.5) is 0 Å². The first-order valence-electron chi connectivity index (χ1n) is 10.1. The Hall–Kier alpha value is -2.21. The molecule has 3 aliphatic rings. The van der Waals surface area contributed by atoms with E-state index in [4.69, 9.17) is 0 Å². The summed E-state index contributed by atoms with van der Waals surface area (Å²) in [6, 6.07) is 10.6. The first kappa shape index (κ1) is 16.9. The van der Waals surface area contributed by atoms with Crippen molar-refractivity contribution in [2.24, 2.45) is 5.41 Å². The molecule has 1 amide bonds. The van der Waals surface area contributed by atoms with Crippen LogP contribution in [0.1, 0.15) is 54.1 Å². The Morgan fingerprint density at radius 1 is 1.19 bits per heavy atom. The smallest absolute Gasteiger partial charge is 0.292 e. The molecule has 2 fully saturated rings. The van der Waals surface area contributed by atoms with E-state index >= 15 is 0 Å². The van der Waals surface area contributed by atoms with Gasteiger partial charge in [0, 0.05) is 30.5 Å². The van der Waals surface area contributed by atoms with Crippen molar-refractivity contribution in [3.05, 3.63) is 47.5 Å². The zero-order chi connectivity index (χ0) is 18.4. The Labute approximate surface area is 159 Å². The predicted molar refractivity (Wildman–Crippen MR) is 100 cm³/mol. The van der Waals surface area contributed by atoms with Crippen molar-refractivity contribution >= 4 is 5.91 Å². The quantitative estimate of drug-likeness (QED) is 0.901. The Morgan fingerprint density at radius 2 is 2.04 bits per heavy atom. The topological polar surface area (TPSA) is 71.2 Å². The Kier molecular flexibility index (Phi) is 4.04. The SMILES string of the molecule is O=C(c1nnc2n1CCCC2)N1[C@@H]2CC[C@H]1[C@](CO)(Cc1ccccc1)C2. The highest BCUT2D eigenvalue weighted by atomic mass is 16.3. The molecule has 1 aromatic carbocycles. The molecular weight excluding hydrogens is 340 g/mol. The van der Waals surface area contributed by atoms with Crippen molar-refractivity contribution in [3.8, 4) is 0 Å². The molecule has 6 heteroatoms. The maximum Gasteiger partial charge on any atom is 0.292 e. The van der Waals surface area contributed by atoms with Gasteiger partial charge in [0.1, 0.15) is 5.82 Å². The van der Waals surface area contributed by atoms with Crippen LogP contribution in [0.2, 0.25) is 0 Å². The molecule has 27 heavy (non-hydrogen) atoms. The summed E-state index contributed by atoms with van der Waals surface area (Å²) in [5, 5.41) is 18.9. The zero-order valence-electron chi connectivity index (χ0n) is 15.5. The summed E-state index contributed by atoms with van der Waals surface area (Å²) < 4.78 is 2.02. The minimum atomic E-state index is -0.245. The van der Waals surface area contributed by atoms with Gasteiger partial charge in [0.05, 0.1) is 6.61 Å². The number of carbonyl (C=O) groups excluding carboxylic acids is 1. The predicted octanol–water partition coefficient (Wildman–Crippen LogP) is 2.21. The number of aliphatic hydroxyl groups excluding tert-OH is 1. The zero-order valence-corrected chi connectivity index (χ0v) is 15.5. The van der Waals surface area contributed by atoms with Crippen molar-refractivity contribution in [3.63, 3.8) is 0 Å². The summed E-state index contributed by atoms with van der Waals surface area (Å²) in [5.74, 6) is 1.44. The fourth-order valence-electron chi connectivity index (χ4n) is 5.60. The van der Waals surface area contributed by atoms with E-state index in [-0.39, 0.29) is 30.0 Å². The summed E-state index contributed by atoms with van der Waals surface area (Å²) in [7, 11) is 0. The summed E-state index contributed by atoms with van der Waals surface area (Å²) in [6.45, 7) is 0.951. The molecule has 5 rings (SSSR count). The molecule has 2 aromatic rings. The first-order chi connectivity index (χ1) is 13.2. The number of hydrogen-bond donors (Lipinski definition) is 1. The van der Waals surface area contributed by atoms with Gasteiger partial charge in [-0.1, -0.05) is 30.3 Å². The van der Waals surface area contributed by atoms with Crippen molar-refractivity contribution in [2.45, 2.75) is 63.6 Å². The molecule has 6 nitrogen and oxygen atoms in total. The molecular formula is C21H26N4O2. The minimum Gasteiger partial charge on any atom is -0.396 e. The lowest BCUT2D eigenvalue weighted by molar-refractivity contribution is 0.0557. The Morgan fingerprint density at radius 3 is 2.85 bits per heavy atom. The average Bonchev–Trinajstić information content (AvgIpc) is 3.40. The maximum atomic E-state index is 13.4. The van der Waals surface area contributed by atoms with Crippen LogP contribution in [0.15, 0.2) is 30.3 Å². The second-order valence-electron chi connectivity index (χ2n) is 8.39. The number of aromatic nitrogens is 3. The molecule has 3 aliphatic heterocycles. The summed E-state index contributed by atoms with van der Waals surface area (Å²) in [6.07, 6.45) is 6.77. The van der Waals surface area contributed by atoms with Gasteiger partial charge in [-0.2, -0.15) is 0 Å². The lowest BCUT2D eigenvalue weighted by Crippen LogP contribution is -2.44. The Balaban J connectivity index is 1.44. The van der Waals surface area contributed by atoms with Gasteiger partial charge in [0.15, 0.2) is 0 Å². The van der Waals surface area contributed by atoms with Crippen molar-refractivity contribution in [1.29, 1.82) is 0 Å². The van der Waals surface area contributed by atoms with E-state index in [0.717, 1.165) is 57.3 Å². The number of amides is 1. The first-order valence-corrected chi connectivity index (χ1v) is 10.1. The minimum absolute atomic E-state index is 0.00605. The fourth-order valence-corrected chi connectivity index (χ4v) is 5.60. The van der Waals surface area contributed by atoms with Gasteiger partial charge in [-0.15, -0.1) is 10.2 Å². The van der Waals surface area contributed by atoms with E-state index in [1.54, 1.807) is 0 Å². The molecule has 0 radical (unpaired) electrons. The van der Waals surface area contributed by atoms with E-state index in [1.807, 2.05) is 27.7 Å². The molecule has 0 aliphatic carbocycles. The normalized spacial score (nSPS) is 29.1. The van der Waals surface area contributed by atoms with Crippen LogP contribution >= 0.6 is 0 Å². The summed E-state index contributed by atoms with van der Waals surface area (Å²) in [4.78, 5) is 15.5. The highest BCUT2D eigenvalue weighted by Gasteiger charge is 2.57. The van der Waals surface area contributed by atoms with Gasteiger partial charge in [-0.05, 0) is 44.1 Å². The summed E-state index contributed by atoms with van der Waals surface area (Å²) >= 11 is 0. The third kappa shape index (κ3) is 2.61. The second-order valence-corrected chi connectivity index (χ2v) is 8.39. The van der Waals surface area contributed by atoms with E-state index in [2.05, 4.69) is 22.3 Å². The molecule has 0 unspecified atom stereocenters. The van der Waals surface area contributed by atoms with E-state index in [9.17, 15) is 9.90 Å². The van der Waals surface area contributed by atoms with Gasteiger partial charge in [0.25, 0.3) is 5.91 Å². The van der Waals surface area contributed by atoms with Crippen LogP contribution in [0.3, 0.4) is 0 Å². The third-order valence-corrected chi connectivity index (χ3v) is 6.85. The van der Waals surface area contributed by atoms with Crippen molar-refractivity contribution in [1.82, 2.24) is 19.7 Å². The lowest BCUT2D eigenvalue weighted by Gasteiger charge is -2.36. The second kappa shape index (κ2) is 6.44. The molecule has 1 N–H and O–H groups in total. The number of fused-ring (bicyclic) bond motifs is 3. The van der Waals surface area contributed by atoms with Crippen LogP contribution in [-0.2, 0) is 19.4 Å². The maximum absolute atomic E-state index is 13.4. The number of benzene rings is 1. The summed E-state index contributed by atoms with van der Waals surface area (Å²) in [5.41, 5.74) is 0.983. The van der Waals surface area contributed by atoms with Crippen molar-refractivity contribution < 1.29 is 9.90 Å². The number of carbonyl (C=O) groups is 1. The van der Waals surface area contributed by atoms with Crippen LogP contribution in [0, 0.1) is 5.41 Å². The molecule has 2 saturated heterocycles. The van der Waals surface area contributed by atoms with Gasteiger partial charge >= 0.3 is 0 Å². The molecule has 142 valence electrons. The largest absolute Gasteiger partial charge is 0.396 e. The Bertz CT molecular complexity index is 849. The number of hydrogen-bond acceptors (Lipinski definition) is 4. The number of nitrogens with zero attached hydrogens (tertiary/aromatic N) is 4. The van der Waals surface area contributed by atoms with Crippen LogP contribution in [0.5, 0.6) is 0 Å². The standard InChI is InChI=1S/C21H26N4O2/c26-14-21(12-15-6-2-1-3-7-15)13-16-9-10-17(21)25(16)20(27)19-23-22-18-8-4-5-11-24(18)19/h1-3,6-7,16-17,26H,4-5,8-14H2/t16-,17+,21-/m1/s1. The lowest BCUT2D eigenvalue weighted by atomic mass is 9.70. The molecule has 1 aromatic heterocycles. The highest BCUT2D eigenvalue weighted by molar-refractivity contribution is 5.92. The van der Waals surface area contributed by atoms with Gasteiger partial charge in [-0.25, -0.2) is 0 Å². The van der Waals surface area contributed by atoms with Crippen LogP contribution in [-0.4, -0.2) is 49.4 Å². The average molecular weight is 366 g/mol. The van der Waals surface area contributed by atoms with Crippen LogP contribution < -0.4 is 0 Å². The fraction of sp³-hybridized carbons (Fsp3) is 0.571. The van der Waals surface area contributed by atoms with Gasteiger partial charge in [-0.3, -0.25) is 4.79 Å².